The standard InChI is InChI=1S/C13H18N2O3S/c1-13(2,3)12(17)15-5-4-8-6-9(11(16)14-18)19-10(8)7-15/h6,18H,4-5,7H2,1-3H3,(H,14,16). The molecule has 1 aromatic rings. The Morgan fingerprint density at radius 2 is 2.11 bits per heavy atom. The molecule has 19 heavy (non-hydrogen) atoms. The number of carbonyl (C=O) groups excluding carboxylic acids is 2. The van der Waals surface area contributed by atoms with Gasteiger partial charge in [-0.15, -0.1) is 11.3 Å². The second-order valence-corrected chi connectivity index (χ2v) is 6.86. The average molecular weight is 282 g/mol. The number of fused-ring (bicyclic) bond motifs is 1. The van der Waals surface area contributed by atoms with E-state index in [1.165, 1.54) is 11.3 Å². The van der Waals surface area contributed by atoms with Crippen LogP contribution < -0.4 is 5.48 Å². The molecule has 2 amide bonds. The Morgan fingerprint density at radius 1 is 1.42 bits per heavy atom. The molecule has 1 aromatic heterocycles. The summed E-state index contributed by atoms with van der Waals surface area (Å²) >= 11 is 1.33. The number of nitrogens with zero attached hydrogens (tertiary/aromatic N) is 1. The lowest BCUT2D eigenvalue weighted by molar-refractivity contribution is -0.140. The van der Waals surface area contributed by atoms with Crippen LogP contribution in [0.3, 0.4) is 0 Å². The normalized spacial score (nSPS) is 15.1. The summed E-state index contributed by atoms with van der Waals surface area (Å²) in [7, 11) is 0. The Balaban J connectivity index is 2.18. The van der Waals surface area contributed by atoms with Crippen LogP contribution in [0.5, 0.6) is 0 Å². The van der Waals surface area contributed by atoms with Gasteiger partial charge in [-0.25, -0.2) is 5.48 Å². The summed E-state index contributed by atoms with van der Waals surface area (Å²) in [6.07, 6.45) is 0.756. The molecule has 2 rings (SSSR count). The fourth-order valence-electron chi connectivity index (χ4n) is 2.13. The van der Waals surface area contributed by atoms with Crippen LogP contribution in [0.4, 0.5) is 0 Å². The number of nitrogens with one attached hydrogen (secondary N) is 1. The molecule has 2 N–H and O–H groups in total. The van der Waals surface area contributed by atoms with Crippen LogP contribution in [0.15, 0.2) is 6.07 Å². The molecule has 0 atom stereocenters. The van der Waals surface area contributed by atoms with Gasteiger partial charge in [-0.1, -0.05) is 20.8 Å². The highest BCUT2D eigenvalue weighted by Gasteiger charge is 2.30. The molecule has 0 fully saturated rings. The van der Waals surface area contributed by atoms with Crippen LogP contribution in [0.1, 0.15) is 40.9 Å². The first kappa shape index (κ1) is 14.0. The maximum atomic E-state index is 12.2. The molecular weight excluding hydrogens is 264 g/mol. The van der Waals surface area contributed by atoms with Gasteiger partial charge in [0.1, 0.15) is 0 Å². The van der Waals surface area contributed by atoms with Gasteiger partial charge in [-0.05, 0) is 18.1 Å². The van der Waals surface area contributed by atoms with Crippen molar-refractivity contribution < 1.29 is 14.8 Å². The molecule has 0 saturated heterocycles. The van der Waals surface area contributed by atoms with E-state index in [0.29, 0.717) is 18.0 Å². The predicted molar refractivity (Wildman–Crippen MR) is 72.1 cm³/mol. The number of amides is 2. The lowest BCUT2D eigenvalue weighted by Gasteiger charge is -2.32. The zero-order valence-corrected chi connectivity index (χ0v) is 12.1. The van der Waals surface area contributed by atoms with E-state index in [-0.39, 0.29) is 11.3 Å². The van der Waals surface area contributed by atoms with Gasteiger partial charge < -0.3 is 4.90 Å². The summed E-state index contributed by atoms with van der Waals surface area (Å²) in [5.41, 5.74) is 2.35. The molecule has 1 aliphatic rings. The third kappa shape index (κ3) is 2.79. The molecule has 104 valence electrons. The van der Waals surface area contributed by atoms with Gasteiger partial charge in [0.05, 0.1) is 11.4 Å². The molecule has 0 unspecified atom stereocenters. The molecule has 1 aliphatic heterocycles. The summed E-state index contributed by atoms with van der Waals surface area (Å²) in [5, 5.41) is 8.64. The summed E-state index contributed by atoms with van der Waals surface area (Å²) < 4.78 is 0. The van der Waals surface area contributed by atoms with E-state index in [1.54, 1.807) is 11.5 Å². The lowest BCUT2D eigenvalue weighted by Crippen LogP contribution is -2.41. The first-order chi connectivity index (χ1) is 8.82. The molecule has 0 aromatic carbocycles. The minimum atomic E-state index is -0.493. The number of carbonyl (C=O) groups is 2. The quantitative estimate of drug-likeness (QED) is 0.609. The smallest absolute Gasteiger partial charge is 0.284 e. The highest BCUT2D eigenvalue weighted by molar-refractivity contribution is 7.14. The Hall–Kier alpha value is -1.40. The molecule has 2 heterocycles. The fraction of sp³-hybridized carbons (Fsp3) is 0.538. The van der Waals surface area contributed by atoms with Crippen molar-refractivity contribution in [3.63, 3.8) is 0 Å². The zero-order chi connectivity index (χ0) is 14.2. The molecule has 0 spiro atoms. The van der Waals surface area contributed by atoms with Crippen molar-refractivity contribution >= 4 is 23.2 Å². The van der Waals surface area contributed by atoms with Crippen molar-refractivity contribution in [2.24, 2.45) is 5.41 Å². The molecular formula is C13H18N2O3S. The number of hydroxylamine groups is 1. The average Bonchev–Trinajstić information content (AvgIpc) is 2.78. The summed E-state index contributed by atoms with van der Waals surface area (Å²) in [6, 6.07) is 1.80. The second-order valence-electron chi connectivity index (χ2n) is 5.73. The van der Waals surface area contributed by atoms with Gasteiger partial charge in [0, 0.05) is 16.8 Å². The highest BCUT2D eigenvalue weighted by atomic mass is 32.1. The topological polar surface area (TPSA) is 69.6 Å². The van der Waals surface area contributed by atoms with Crippen LogP contribution in [0.2, 0.25) is 0 Å². The van der Waals surface area contributed by atoms with Crippen LogP contribution in [-0.2, 0) is 17.8 Å². The summed E-state index contributed by atoms with van der Waals surface area (Å²) in [4.78, 5) is 27.0. The number of hydrogen-bond donors (Lipinski definition) is 2. The number of hydrogen-bond acceptors (Lipinski definition) is 4. The van der Waals surface area contributed by atoms with Crippen molar-refractivity contribution in [2.75, 3.05) is 6.54 Å². The van der Waals surface area contributed by atoms with Crippen molar-refractivity contribution in [3.05, 3.63) is 21.4 Å². The van der Waals surface area contributed by atoms with Crippen molar-refractivity contribution in [1.29, 1.82) is 0 Å². The van der Waals surface area contributed by atoms with Crippen molar-refractivity contribution in [3.8, 4) is 0 Å². The van der Waals surface area contributed by atoms with E-state index in [0.717, 1.165) is 16.9 Å². The largest absolute Gasteiger partial charge is 0.337 e. The maximum absolute atomic E-state index is 12.2. The Kier molecular flexibility index (Phi) is 3.64. The van der Waals surface area contributed by atoms with E-state index in [1.807, 2.05) is 25.7 Å². The highest BCUT2D eigenvalue weighted by Crippen LogP contribution is 2.30. The molecule has 0 bridgehead atoms. The predicted octanol–water partition coefficient (Wildman–Crippen LogP) is 1.80. The van der Waals surface area contributed by atoms with Crippen LogP contribution in [-0.4, -0.2) is 28.5 Å². The van der Waals surface area contributed by atoms with E-state index in [9.17, 15) is 9.59 Å². The first-order valence-corrected chi connectivity index (χ1v) is 7.00. The van der Waals surface area contributed by atoms with Gasteiger partial charge in [-0.2, -0.15) is 0 Å². The van der Waals surface area contributed by atoms with Crippen LogP contribution in [0, 0.1) is 5.41 Å². The monoisotopic (exact) mass is 282 g/mol. The van der Waals surface area contributed by atoms with Gasteiger partial charge in [0.2, 0.25) is 5.91 Å². The molecule has 0 aliphatic carbocycles. The Morgan fingerprint density at radius 3 is 2.68 bits per heavy atom. The Labute approximate surface area is 116 Å². The van der Waals surface area contributed by atoms with Crippen LogP contribution >= 0.6 is 11.3 Å². The summed E-state index contributed by atoms with van der Waals surface area (Å²) in [6.45, 7) is 6.95. The minimum absolute atomic E-state index is 0.125. The van der Waals surface area contributed by atoms with Gasteiger partial charge in [-0.3, -0.25) is 14.8 Å². The second kappa shape index (κ2) is 4.94. The third-order valence-corrected chi connectivity index (χ3v) is 4.30. The van der Waals surface area contributed by atoms with Crippen LogP contribution in [0.25, 0.3) is 0 Å². The summed E-state index contributed by atoms with van der Waals surface area (Å²) in [5.74, 6) is -0.368. The van der Waals surface area contributed by atoms with Gasteiger partial charge in [0.15, 0.2) is 0 Å². The zero-order valence-electron chi connectivity index (χ0n) is 11.3. The van der Waals surface area contributed by atoms with Crippen molar-refractivity contribution in [2.45, 2.75) is 33.7 Å². The maximum Gasteiger partial charge on any atom is 0.284 e. The Bertz CT molecular complexity index is 516. The number of thiophene rings is 1. The molecule has 0 saturated carbocycles. The van der Waals surface area contributed by atoms with Gasteiger partial charge in [0.25, 0.3) is 5.91 Å². The molecule has 0 radical (unpaired) electrons. The lowest BCUT2D eigenvalue weighted by atomic mass is 9.93. The van der Waals surface area contributed by atoms with E-state index in [4.69, 9.17) is 5.21 Å². The van der Waals surface area contributed by atoms with E-state index in [2.05, 4.69) is 0 Å². The fourth-order valence-corrected chi connectivity index (χ4v) is 3.25. The SMILES string of the molecule is CC(C)(C)C(=O)N1CCc2cc(C(=O)NO)sc2C1. The number of rotatable bonds is 1. The van der Waals surface area contributed by atoms with E-state index >= 15 is 0 Å². The van der Waals surface area contributed by atoms with Crippen molar-refractivity contribution in [1.82, 2.24) is 10.4 Å². The molecule has 5 nitrogen and oxygen atoms in total. The van der Waals surface area contributed by atoms with E-state index < -0.39 is 5.91 Å². The third-order valence-electron chi connectivity index (χ3n) is 3.14. The molecule has 6 heteroatoms. The first-order valence-electron chi connectivity index (χ1n) is 6.18. The van der Waals surface area contributed by atoms with Gasteiger partial charge >= 0.3 is 0 Å². The minimum Gasteiger partial charge on any atom is -0.337 e.